The summed E-state index contributed by atoms with van der Waals surface area (Å²) in [7, 11) is 0. The number of aliphatic hydroxyl groups is 2. The van der Waals surface area contributed by atoms with Crippen LogP contribution in [0.2, 0.25) is 0 Å². The summed E-state index contributed by atoms with van der Waals surface area (Å²) >= 11 is 0. The molecule has 1 aromatic rings. The highest BCUT2D eigenvalue weighted by atomic mass is 16.3. The number of aliphatic hydroxyl groups excluding tert-OH is 2. The fraction of sp³-hybridized carbons (Fsp3) is 0.333. The number of imide groups is 1. The minimum atomic E-state index is -1.22. The molecule has 2 rings (SSSR count). The van der Waals surface area contributed by atoms with Gasteiger partial charge in [0.2, 0.25) is 0 Å². The van der Waals surface area contributed by atoms with Crippen LogP contribution in [0.25, 0.3) is 10.4 Å². The highest BCUT2D eigenvalue weighted by Crippen LogP contribution is 2.24. The average molecular weight is 276 g/mol. The van der Waals surface area contributed by atoms with E-state index in [-0.39, 0.29) is 24.1 Å². The van der Waals surface area contributed by atoms with Crippen LogP contribution in [0.15, 0.2) is 23.3 Å². The predicted molar refractivity (Wildman–Crippen MR) is 67.8 cm³/mol. The van der Waals surface area contributed by atoms with Crippen molar-refractivity contribution in [1.82, 2.24) is 5.32 Å². The lowest BCUT2D eigenvalue weighted by molar-refractivity contribution is 0.0150. The van der Waals surface area contributed by atoms with Crippen LogP contribution in [0.1, 0.15) is 38.8 Å². The van der Waals surface area contributed by atoms with Crippen molar-refractivity contribution in [3.05, 3.63) is 45.3 Å². The molecule has 2 atom stereocenters. The van der Waals surface area contributed by atoms with Gasteiger partial charge in [0, 0.05) is 11.5 Å². The molecule has 0 aliphatic carbocycles. The molecule has 0 bridgehead atoms. The molecular weight excluding hydrogens is 264 g/mol. The molecule has 0 saturated carbocycles. The van der Waals surface area contributed by atoms with E-state index < -0.39 is 24.0 Å². The van der Waals surface area contributed by atoms with Crippen molar-refractivity contribution < 1.29 is 19.8 Å². The number of nitrogens with zero attached hydrogens (tertiary/aromatic N) is 3. The van der Waals surface area contributed by atoms with Gasteiger partial charge in [-0.15, -0.1) is 0 Å². The first-order valence-electron chi connectivity index (χ1n) is 5.91. The molecule has 1 aliphatic rings. The van der Waals surface area contributed by atoms with Gasteiger partial charge in [-0.2, -0.15) is 0 Å². The van der Waals surface area contributed by atoms with Crippen molar-refractivity contribution in [2.45, 2.75) is 18.6 Å². The number of azide groups is 1. The fourth-order valence-electron chi connectivity index (χ4n) is 1.98. The van der Waals surface area contributed by atoms with Crippen molar-refractivity contribution in [2.24, 2.45) is 5.11 Å². The Morgan fingerprint density at radius 2 is 1.95 bits per heavy atom. The Morgan fingerprint density at radius 3 is 2.65 bits per heavy atom. The summed E-state index contributed by atoms with van der Waals surface area (Å²) in [4.78, 5) is 25.4. The topological polar surface area (TPSA) is 135 Å². The molecule has 1 heterocycles. The van der Waals surface area contributed by atoms with Crippen LogP contribution in [0.5, 0.6) is 0 Å². The molecule has 104 valence electrons. The molecular formula is C12H12N4O4. The highest BCUT2D eigenvalue weighted by molar-refractivity contribution is 6.21. The largest absolute Gasteiger partial charge is 0.390 e. The minimum absolute atomic E-state index is 0.0542. The monoisotopic (exact) mass is 276 g/mol. The normalized spacial score (nSPS) is 16.1. The SMILES string of the molecule is [N-]=[N+]=NCCC(O)C(O)c1ccc2c(c1)C(=O)NC2=O. The first-order valence-corrected chi connectivity index (χ1v) is 5.91. The highest BCUT2D eigenvalue weighted by Gasteiger charge is 2.28. The van der Waals surface area contributed by atoms with E-state index >= 15 is 0 Å². The maximum Gasteiger partial charge on any atom is 0.258 e. The Labute approximate surface area is 113 Å². The number of benzene rings is 1. The fourth-order valence-corrected chi connectivity index (χ4v) is 1.98. The van der Waals surface area contributed by atoms with Crippen molar-refractivity contribution >= 4 is 11.8 Å². The average Bonchev–Trinajstić information content (AvgIpc) is 2.73. The van der Waals surface area contributed by atoms with E-state index in [1.807, 2.05) is 0 Å². The van der Waals surface area contributed by atoms with E-state index in [9.17, 15) is 19.8 Å². The van der Waals surface area contributed by atoms with Gasteiger partial charge in [-0.05, 0) is 29.6 Å². The van der Waals surface area contributed by atoms with Gasteiger partial charge in [-0.3, -0.25) is 14.9 Å². The number of carbonyl (C=O) groups excluding carboxylic acids is 2. The van der Waals surface area contributed by atoms with Crippen molar-refractivity contribution in [3.63, 3.8) is 0 Å². The minimum Gasteiger partial charge on any atom is -0.390 e. The maximum absolute atomic E-state index is 11.5. The van der Waals surface area contributed by atoms with Crippen LogP contribution >= 0.6 is 0 Å². The number of nitrogens with one attached hydrogen (secondary N) is 1. The van der Waals surface area contributed by atoms with E-state index in [0.29, 0.717) is 5.56 Å². The summed E-state index contributed by atoms with van der Waals surface area (Å²) in [6.07, 6.45) is -2.26. The van der Waals surface area contributed by atoms with E-state index in [2.05, 4.69) is 15.3 Å². The van der Waals surface area contributed by atoms with Gasteiger partial charge in [0.15, 0.2) is 0 Å². The first-order chi connectivity index (χ1) is 9.54. The maximum atomic E-state index is 11.5. The Morgan fingerprint density at radius 1 is 1.25 bits per heavy atom. The molecule has 0 spiro atoms. The van der Waals surface area contributed by atoms with Gasteiger partial charge in [-0.25, -0.2) is 0 Å². The third kappa shape index (κ3) is 2.62. The lowest BCUT2D eigenvalue weighted by Gasteiger charge is -2.17. The van der Waals surface area contributed by atoms with E-state index in [4.69, 9.17) is 5.53 Å². The Balaban J connectivity index is 2.17. The zero-order chi connectivity index (χ0) is 14.7. The third-order valence-electron chi connectivity index (χ3n) is 3.05. The summed E-state index contributed by atoms with van der Waals surface area (Å²) < 4.78 is 0. The predicted octanol–water partition coefficient (Wildman–Crippen LogP) is 0.665. The Hall–Kier alpha value is -2.41. The summed E-state index contributed by atoms with van der Waals surface area (Å²) in [5, 5.41) is 25.1. The lowest BCUT2D eigenvalue weighted by atomic mass is 9.98. The number of hydrogen-bond donors (Lipinski definition) is 3. The van der Waals surface area contributed by atoms with Crippen LogP contribution in [0.3, 0.4) is 0 Å². The molecule has 2 unspecified atom stereocenters. The smallest absolute Gasteiger partial charge is 0.258 e. The molecule has 20 heavy (non-hydrogen) atoms. The van der Waals surface area contributed by atoms with Crippen molar-refractivity contribution in [3.8, 4) is 0 Å². The second-order valence-electron chi connectivity index (χ2n) is 4.34. The third-order valence-corrected chi connectivity index (χ3v) is 3.05. The van der Waals surface area contributed by atoms with E-state index in [0.717, 1.165) is 0 Å². The molecule has 0 fully saturated rings. The quantitative estimate of drug-likeness (QED) is 0.315. The number of fused-ring (bicyclic) bond motifs is 1. The van der Waals surface area contributed by atoms with Crippen LogP contribution in [0.4, 0.5) is 0 Å². The van der Waals surface area contributed by atoms with Gasteiger partial charge in [0.25, 0.3) is 11.8 Å². The molecule has 8 heteroatoms. The number of rotatable bonds is 5. The van der Waals surface area contributed by atoms with Crippen molar-refractivity contribution in [2.75, 3.05) is 6.54 Å². The van der Waals surface area contributed by atoms with Gasteiger partial charge in [0.1, 0.15) is 6.10 Å². The Bertz CT molecular complexity index is 609. The number of amides is 2. The molecule has 2 amide bonds. The van der Waals surface area contributed by atoms with E-state index in [1.54, 1.807) is 0 Å². The molecule has 8 nitrogen and oxygen atoms in total. The van der Waals surface area contributed by atoms with Crippen LogP contribution < -0.4 is 5.32 Å². The summed E-state index contributed by atoms with van der Waals surface area (Å²) in [5.74, 6) is -1.00. The van der Waals surface area contributed by atoms with Gasteiger partial charge in [0.05, 0.1) is 17.2 Å². The second-order valence-corrected chi connectivity index (χ2v) is 4.34. The zero-order valence-electron chi connectivity index (χ0n) is 10.4. The van der Waals surface area contributed by atoms with Crippen LogP contribution in [-0.4, -0.2) is 34.7 Å². The standard InChI is InChI=1S/C12H12N4O4/c13-16-14-4-3-9(17)10(18)6-1-2-7-8(5-6)12(20)15-11(7)19/h1-2,5,9-10,17-18H,3-4H2,(H,15,19,20). The molecule has 1 aliphatic heterocycles. The number of carbonyl (C=O) groups is 2. The van der Waals surface area contributed by atoms with Gasteiger partial charge < -0.3 is 10.2 Å². The lowest BCUT2D eigenvalue weighted by Crippen LogP contribution is -2.20. The van der Waals surface area contributed by atoms with E-state index in [1.165, 1.54) is 18.2 Å². The van der Waals surface area contributed by atoms with Crippen LogP contribution in [-0.2, 0) is 0 Å². The Kier molecular flexibility index (Phi) is 3.99. The molecule has 3 N–H and O–H groups in total. The van der Waals surface area contributed by atoms with Gasteiger partial charge >= 0.3 is 0 Å². The zero-order valence-corrected chi connectivity index (χ0v) is 10.4. The summed E-state index contributed by atoms with van der Waals surface area (Å²) in [6, 6.07) is 4.27. The first kappa shape index (κ1) is 14.0. The second kappa shape index (κ2) is 5.70. The number of hydrogen-bond acceptors (Lipinski definition) is 5. The molecule has 0 aromatic heterocycles. The molecule has 1 aromatic carbocycles. The van der Waals surface area contributed by atoms with Crippen LogP contribution in [0, 0.1) is 0 Å². The molecule has 0 radical (unpaired) electrons. The summed E-state index contributed by atoms with van der Waals surface area (Å²) in [6.45, 7) is 0.0542. The van der Waals surface area contributed by atoms with Gasteiger partial charge in [-0.1, -0.05) is 11.2 Å². The molecule has 0 saturated heterocycles. The van der Waals surface area contributed by atoms with Crippen molar-refractivity contribution in [1.29, 1.82) is 0 Å². The summed E-state index contributed by atoms with van der Waals surface area (Å²) in [5.41, 5.74) is 8.87.